The van der Waals surface area contributed by atoms with E-state index in [0.717, 1.165) is 30.2 Å². The molecule has 1 aliphatic heterocycles. The first kappa shape index (κ1) is 22.1. The van der Waals surface area contributed by atoms with Crippen molar-refractivity contribution in [2.24, 2.45) is 17.6 Å². The van der Waals surface area contributed by atoms with Crippen molar-refractivity contribution in [3.8, 4) is 5.88 Å². The van der Waals surface area contributed by atoms with Gasteiger partial charge in [-0.25, -0.2) is 0 Å². The van der Waals surface area contributed by atoms with E-state index < -0.39 is 23.3 Å². The monoisotopic (exact) mass is 443 g/mol. The van der Waals surface area contributed by atoms with Gasteiger partial charge in [-0.05, 0) is 37.5 Å². The van der Waals surface area contributed by atoms with Gasteiger partial charge < -0.3 is 20.9 Å². The molecule has 1 saturated carbocycles. The van der Waals surface area contributed by atoms with E-state index in [-0.39, 0.29) is 41.3 Å². The zero-order valence-electron chi connectivity index (χ0n) is 18.3. The molecule has 1 aliphatic carbocycles. The lowest BCUT2D eigenvalue weighted by Gasteiger charge is -2.18. The summed E-state index contributed by atoms with van der Waals surface area (Å²) in [5.41, 5.74) is 5.09. The fourth-order valence-electron chi connectivity index (χ4n) is 3.96. The van der Waals surface area contributed by atoms with Crippen LogP contribution in [0.1, 0.15) is 65.9 Å². The Labute approximate surface area is 185 Å². The van der Waals surface area contributed by atoms with Crippen molar-refractivity contribution < 1.29 is 19.4 Å². The van der Waals surface area contributed by atoms with Crippen LogP contribution in [0.3, 0.4) is 0 Å². The van der Waals surface area contributed by atoms with E-state index in [2.05, 4.69) is 10.4 Å². The summed E-state index contributed by atoms with van der Waals surface area (Å²) in [6.45, 7) is 5.45. The molecule has 0 spiro atoms. The van der Waals surface area contributed by atoms with Crippen molar-refractivity contribution in [2.45, 2.75) is 52.1 Å². The topological polar surface area (TPSA) is 141 Å². The molecule has 32 heavy (non-hydrogen) atoms. The molecule has 2 aromatic heterocycles. The number of primary amides is 1. The highest BCUT2D eigenvalue weighted by Crippen LogP contribution is 2.27. The number of nitrogens with zero attached hydrogens (tertiary/aromatic N) is 3. The molecule has 4 N–H and O–H groups in total. The van der Waals surface area contributed by atoms with E-state index in [4.69, 9.17) is 10.5 Å². The van der Waals surface area contributed by atoms with E-state index in [0.29, 0.717) is 18.8 Å². The number of nitrogens with one attached hydrogen (secondary N) is 1. The Bertz CT molecular complexity index is 1140. The Morgan fingerprint density at radius 2 is 1.97 bits per heavy atom. The van der Waals surface area contributed by atoms with Crippen LogP contribution in [0.15, 0.2) is 10.9 Å². The molecule has 1 saturated heterocycles. The van der Waals surface area contributed by atoms with Gasteiger partial charge in [0.25, 0.3) is 17.4 Å². The predicted molar refractivity (Wildman–Crippen MR) is 118 cm³/mol. The number of fused-ring (bicyclic) bond motifs is 1. The predicted octanol–water partition coefficient (Wildman–Crippen LogP) is 1.29. The number of nitrogens with two attached hydrogens (primary N) is 1. The Kier molecular flexibility index (Phi) is 6.05. The highest BCUT2D eigenvalue weighted by atomic mass is 16.5. The minimum absolute atomic E-state index is 0.00677. The van der Waals surface area contributed by atoms with Crippen LogP contribution in [0.25, 0.3) is 11.7 Å². The second-order valence-corrected chi connectivity index (χ2v) is 8.93. The van der Waals surface area contributed by atoms with Crippen LogP contribution < -0.4 is 16.6 Å². The highest BCUT2D eigenvalue weighted by molar-refractivity contribution is 5.99. The van der Waals surface area contributed by atoms with Crippen LogP contribution in [-0.4, -0.2) is 50.4 Å². The molecule has 4 rings (SSSR count). The molecule has 0 unspecified atom stereocenters. The van der Waals surface area contributed by atoms with Gasteiger partial charge in [-0.2, -0.15) is 9.61 Å². The molecule has 10 heteroatoms. The van der Waals surface area contributed by atoms with E-state index in [1.165, 1.54) is 4.57 Å². The number of allylic oxidation sites excluding steroid dienone is 1. The summed E-state index contributed by atoms with van der Waals surface area (Å²) in [5, 5.41) is 17.8. The number of carbonyl (C=O) groups excluding carboxylic acids is 2. The van der Waals surface area contributed by atoms with Gasteiger partial charge in [0.05, 0.1) is 5.56 Å². The zero-order valence-corrected chi connectivity index (χ0v) is 18.3. The quantitative estimate of drug-likeness (QED) is 0.589. The molecule has 2 aromatic rings. The van der Waals surface area contributed by atoms with Gasteiger partial charge in [0.2, 0.25) is 5.88 Å². The Balaban J connectivity index is 1.92. The molecule has 0 bridgehead atoms. The van der Waals surface area contributed by atoms with Crippen LogP contribution in [0.5, 0.6) is 5.88 Å². The Morgan fingerprint density at radius 3 is 2.56 bits per heavy atom. The average molecular weight is 444 g/mol. The van der Waals surface area contributed by atoms with E-state index in [1.54, 1.807) is 6.08 Å². The number of hydrogen-bond donors (Lipinski definition) is 3. The molecule has 2 aliphatic rings. The maximum atomic E-state index is 13.4. The number of carbonyl (C=O) groups is 2. The number of aromatic hydroxyl groups is 1. The van der Waals surface area contributed by atoms with Crippen LogP contribution in [-0.2, 0) is 11.3 Å². The van der Waals surface area contributed by atoms with Gasteiger partial charge in [-0.1, -0.05) is 26.0 Å². The summed E-state index contributed by atoms with van der Waals surface area (Å²) < 4.78 is 7.87. The van der Waals surface area contributed by atoms with E-state index >= 15 is 0 Å². The Morgan fingerprint density at radius 1 is 1.28 bits per heavy atom. The average Bonchev–Trinajstić information content (AvgIpc) is 3.46. The van der Waals surface area contributed by atoms with Crippen molar-refractivity contribution in [1.82, 2.24) is 19.5 Å². The normalized spacial score (nSPS) is 17.5. The SMILES string of the molecule is CC(C)Cn1c(=O)c(C(=O)NC2CC2)c(O)n2nc(C(N)=O)c(C=CC3CCOCC3)c12. The molecule has 2 amide bonds. The summed E-state index contributed by atoms with van der Waals surface area (Å²) >= 11 is 0. The maximum absolute atomic E-state index is 13.4. The van der Waals surface area contributed by atoms with Gasteiger partial charge >= 0.3 is 0 Å². The largest absolute Gasteiger partial charge is 0.492 e. The third-order valence-electron chi connectivity index (χ3n) is 5.76. The molecule has 0 atom stereocenters. The Hall–Kier alpha value is -3.14. The highest BCUT2D eigenvalue weighted by Gasteiger charge is 2.31. The second-order valence-electron chi connectivity index (χ2n) is 8.93. The van der Waals surface area contributed by atoms with Crippen LogP contribution in [0, 0.1) is 11.8 Å². The second kappa shape index (κ2) is 8.78. The third-order valence-corrected chi connectivity index (χ3v) is 5.76. The first-order chi connectivity index (χ1) is 15.3. The lowest BCUT2D eigenvalue weighted by molar-refractivity contribution is 0.0787. The summed E-state index contributed by atoms with van der Waals surface area (Å²) in [4.78, 5) is 38.3. The van der Waals surface area contributed by atoms with Crippen LogP contribution >= 0.6 is 0 Å². The third kappa shape index (κ3) is 4.27. The van der Waals surface area contributed by atoms with Crippen molar-refractivity contribution in [3.63, 3.8) is 0 Å². The zero-order chi connectivity index (χ0) is 23.0. The number of ether oxygens (including phenoxy) is 1. The van der Waals surface area contributed by atoms with E-state index in [9.17, 15) is 19.5 Å². The fourth-order valence-corrected chi connectivity index (χ4v) is 3.96. The minimum atomic E-state index is -0.785. The van der Waals surface area contributed by atoms with Gasteiger partial charge in [-0.15, -0.1) is 0 Å². The van der Waals surface area contributed by atoms with Gasteiger partial charge in [-0.3, -0.25) is 19.0 Å². The van der Waals surface area contributed by atoms with Crippen molar-refractivity contribution in [2.75, 3.05) is 13.2 Å². The molecule has 10 nitrogen and oxygen atoms in total. The maximum Gasteiger partial charge on any atom is 0.270 e. The molecule has 0 aromatic carbocycles. The summed E-state index contributed by atoms with van der Waals surface area (Å²) in [6, 6.07) is 0.00677. The minimum Gasteiger partial charge on any atom is -0.492 e. The molecule has 0 radical (unpaired) electrons. The smallest absolute Gasteiger partial charge is 0.270 e. The summed E-state index contributed by atoms with van der Waals surface area (Å²) in [5.74, 6) is -1.73. The van der Waals surface area contributed by atoms with Gasteiger partial charge in [0.1, 0.15) is 0 Å². The number of hydrogen-bond acceptors (Lipinski definition) is 6. The van der Waals surface area contributed by atoms with Crippen molar-refractivity contribution in [1.29, 1.82) is 0 Å². The lowest BCUT2D eigenvalue weighted by atomic mass is 9.99. The number of rotatable bonds is 7. The van der Waals surface area contributed by atoms with Gasteiger partial charge in [0.15, 0.2) is 16.9 Å². The van der Waals surface area contributed by atoms with Crippen molar-refractivity contribution >= 4 is 23.5 Å². The molecular weight excluding hydrogens is 414 g/mol. The van der Waals surface area contributed by atoms with E-state index in [1.807, 2.05) is 19.9 Å². The first-order valence-corrected chi connectivity index (χ1v) is 11.0. The van der Waals surface area contributed by atoms with Crippen LogP contribution in [0.4, 0.5) is 0 Å². The fraction of sp³-hybridized carbons (Fsp3) is 0.545. The molecule has 2 fully saturated rings. The standard InChI is InChI=1S/C22H29N5O5/c1-12(2)11-26-20-15(6-3-13-7-9-32-10-8-13)17(18(23)28)25-27(20)22(31)16(21(26)30)19(29)24-14-4-5-14/h3,6,12-14,31H,4-5,7-11H2,1-2H3,(H2,23,28)(H,24,29). The molecule has 172 valence electrons. The first-order valence-electron chi connectivity index (χ1n) is 11.0. The van der Waals surface area contributed by atoms with Crippen molar-refractivity contribution in [3.05, 3.63) is 33.3 Å². The number of amides is 2. The number of aromatic nitrogens is 3. The van der Waals surface area contributed by atoms with Gasteiger partial charge in [0, 0.05) is 25.8 Å². The molecule has 3 heterocycles. The van der Waals surface area contributed by atoms with Crippen LogP contribution in [0.2, 0.25) is 0 Å². The molecular formula is C22H29N5O5. The lowest BCUT2D eigenvalue weighted by Crippen LogP contribution is -2.36. The summed E-state index contributed by atoms with van der Waals surface area (Å²) in [6.07, 6.45) is 7.06. The summed E-state index contributed by atoms with van der Waals surface area (Å²) in [7, 11) is 0.